The lowest BCUT2D eigenvalue weighted by Crippen LogP contribution is -2.11. The molecule has 2 aromatic rings. The lowest BCUT2D eigenvalue weighted by molar-refractivity contribution is 0.269. The third-order valence-electron chi connectivity index (χ3n) is 3.90. The highest BCUT2D eigenvalue weighted by atomic mass is 16.5. The summed E-state index contributed by atoms with van der Waals surface area (Å²) < 4.78 is 11.7. The van der Waals surface area contributed by atoms with Gasteiger partial charge in [-0.2, -0.15) is 0 Å². The molecule has 2 aromatic carbocycles. The Morgan fingerprint density at radius 2 is 1.75 bits per heavy atom. The zero-order valence-electron chi connectivity index (χ0n) is 14.4. The van der Waals surface area contributed by atoms with Crippen molar-refractivity contribution in [3.05, 3.63) is 59.7 Å². The minimum absolute atomic E-state index is 0.000991. The van der Waals surface area contributed by atoms with Crippen LogP contribution in [0.2, 0.25) is 0 Å². The smallest absolute Gasteiger partial charge is 0.161 e. The van der Waals surface area contributed by atoms with Crippen molar-refractivity contribution in [2.24, 2.45) is 11.5 Å². The average Bonchev–Trinajstić information content (AvgIpc) is 2.62. The van der Waals surface area contributed by atoms with E-state index in [4.69, 9.17) is 20.9 Å². The van der Waals surface area contributed by atoms with Crippen molar-refractivity contribution in [1.82, 2.24) is 0 Å². The molecule has 0 aliphatic rings. The quantitative estimate of drug-likeness (QED) is 0.651. The van der Waals surface area contributed by atoms with Gasteiger partial charge in [-0.3, -0.25) is 0 Å². The summed E-state index contributed by atoms with van der Waals surface area (Å²) in [4.78, 5) is 0. The highest BCUT2D eigenvalue weighted by Crippen LogP contribution is 2.32. The van der Waals surface area contributed by atoms with Gasteiger partial charge in [0.15, 0.2) is 11.5 Å². The molecule has 2 rings (SSSR count). The molecule has 0 fully saturated rings. The first-order chi connectivity index (χ1) is 11.7. The molecule has 4 nitrogen and oxygen atoms in total. The number of hydrogen-bond donors (Lipinski definition) is 2. The van der Waals surface area contributed by atoms with Gasteiger partial charge in [0, 0.05) is 6.04 Å². The summed E-state index contributed by atoms with van der Waals surface area (Å²) in [5, 5.41) is 0. The molecule has 130 valence electrons. The summed E-state index contributed by atoms with van der Waals surface area (Å²) in [5.41, 5.74) is 14.0. The van der Waals surface area contributed by atoms with Gasteiger partial charge in [-0.15, -0.1) is 0 Å². The van der Waals surface area contributed by atoms with Crippen molar-refractivity contribution < 1.29 is 9.47 Å². The minimum Gasteiger partial charge on any atom is -0.490 e. The fraction of sp³-hybridized carbons (Fsp3) is 0.400. The number of unbranched alkanes of at least 4 members (excludes halogenated alkanes) is 1. The van der Waals surface area contributed by atoms with E-state index in [1.165, 1.54) is 0 Å². The Morgan fingerprint density at radius 3 is 2.46 bits per heavy atom. The molecule has 0 amide bonds. The maximum atomic E-state index is 6.28. The van der Waals surface area contributed by atoms with E-state index in [1.807, 2.05) is 55.5 Å². The van der Waals surface area contributed by atoms with Crippen LogP contribution in [0.25, 0.3) is 0 Å². The molecule has 0 saturated heterocycles. The van der Waals surface area contributed by atoms with Crippen LogP contribution in [0, 0.1) is 0 Å². The molecule has 0 bridgehead atoms. The highest BCUT2D eigenvalue weighted by Gasteiger charge is 2.11. The van der Waals surface area contributed by atoms with Crippen molar-refractivity contribution in [2.75, 3.05) is 13.2 Å². The van der Waals surface area contributed by atoms with Crippen LogP contribution in [0.4, 0.5) is 0 Å². The third-order valence-corrected chi connectivity index (χ3v) is 3.90. The third kappa shape index (κ3) is 5.55. The van der Waals surface area contributed by atoms with Crippen molar-refractivity contribution in [3.8, 4) is 11.5 Å². The SMILES string of the molecule is CCOc1cc([C@@H](N)CCCCN)ccc1OCc1ccccc1. The minimum atomic E-state index is -0.000991. The number of hydrogen-bond acceptors (Lipinski definition) is 4. The standard InChI is InChI=1S/C20H28N2O2/c1-2-23-20-14-17(18(22)10-6-7-13-21)11-12-19(20)24-15-16-8-4-3-5-9-16/h3-5,8-9,11-12,14,18H,2,6-7,10,13,15,21-22H2,1H3/t18-/m0/s1. The van der Waals surface area contributed by atoms with E-state index in [1.54, 1.807) is 0 Å². The van der Waals surface area contributed by atoms with E-state index in [2.05, 4.69) is 0 Å². The van der Waals surface area contributed by atoms with Crippen molar-refractivity contribution >= 4 is 0 Å². The maximum Gasteiger partial charge on any atom is 0.161 e. The summed E-state index contributed by atoms with van der Waals surface area (Å²) in [7, 11) is 0. The Morgan fingerprint density at radius 1 is 0.958 bits per heavy atom. The second kappa shape index (κ2) is 9.96. The lowest BCUT2D eigenvalue weighted by atomic mass is 10.0. The van der Waals surface area contributed by atoms with Gasteiger partial charge in [0.05, 0.1) is 6.61 Å². The molecule has 4 N–H and O–H groups in total. The number of rotatable bonds is 10. The molecule has 0 heterocycles. The topological polar surface area (TPSA) is 70.5 Å². The summed E-state index contributed by atoms with van der Waals surface area (Å²) in [5.74, 6) is 1.50. The van der Waals surface area contributed by atoms with E-state index in [-0.39, 0.29) is 6.04 Å². The molecule has 0 unspecified atom stereocenters. The van der Waals surface area contributed by atoms with Crippen LogP contribution in [0.15, 0.2) is 48.5 Å². The van der Waals surface area contributed by atoms with Crippen molar-refractivity contribution in [2.45, 2.75) is 38.8 Å². The fourth-order valence-electron chi connectivity index (χ4n) is 2.55. The summed E-state index contributed by atoms with van der Waals surface area (Å²) in [6.07, 6.45) is 2.96. The predicted octanol–water partition coefficient (Wildman–Crippen LogP) is 3.79. The van der Waals surface area contributed by atoms with Crippen molar-refractivity contribution in [3.63, 3.8) is 0 Å². The van der Waals surface area contributed by atoms with Gasteiger partial charge in [-0.05, 0) is 49.6 Å². The largest absolute Gasteiger partial charge is 0.490 e. The molecule has 0 radical (unpaired) electrons. The molecule has 0 aromatic heterocycles. The Balaban J connectivity index is 2.05. The first-order valence-electron chi connectivity index (χ1n) is 8.63. The molecule has 0 aliphatic heterocycles. The summed E-state index contributed by atoms with van der Waals surface area (Å²) in [6.45, 7) is 3.79. The van der Waals surface area contributed by atoms with Crippen LogP contribution in [0.1, 0.15) is 43.4 Å². The van der Waals surface area contributed by atoms with Gasteiger partial charge < -0.3 is 20.9 Å². The van der Waals surface area contributed by atoms with E-state index >= 15 is 0 Å². The van der Waals surface area contributed by atoms with Gasteiger partial charge in [-0.25, -0.2) is 0 Å². The molecular formula is C20H28N2O2. The van der Waals surface area contributed by atoms with Gasteiger partial charge in [0.2, 0.25) is 0 Å². The van der Waals surface area contributed by atoms with Gasteiger partial charge in [0.25, 0.3) is 0 Å². The molecular weight excluding hydrogens is 300 g/mol. The Bertz CT molecular complexity index is 602. The zero-order chi connectivity index (χ0) is 17.2. The van der Waals surface area contributed by atoms with Crippen LogP contribution < -0.4 is 20.9 Å². The second-order valence-corrected chi connectivity index (χ2v) is 5.80. The Kier molecular flexibility index (Phi) is 7.59. The highest BCUT2D eigenvalue weighted by molar-refractivity contribution is 5.44. The van der Waals surface area contributed by atoms with Crippen molar-refractivity contribution in [1.29, 1.82) is 0 Å². The maximum absolute atomic E-state index is 6.28. The average molecular weight is 328 g/mol. The number of nitrogens with two attached hydrogens (primary N) is 2. The number of ether oxygens (including phenoxy) is 2. The van der Waals surface area contributed by atoms with E-state index in [0.717, 1.165) is 41.9 Å². The number of benzene rings is 2. The molecule has 1 atom stereocenters. The predicted molar refractivity (Wildman–Crippen MR) is 98.2 cm³/mol. The molecule has 24 heavy (non-hydrogen) atoms. The van der Waals surface area contributed by atoms with E-state index in [0.29, 0.717) is 19.8 Å². The van der Waals surface area contributed by atoms with E-state index < -0.39 is 0 Å². The second-order valence-electron chi connectivity index (χ2n) is 5.80. The normalized spacial score (nSPS) is 12.0. The fourth-order valence-corrected chi connectivity index (χ4v) is 2.55. The monoisotopic (exact) mass is 328 g/mol. The zero-order valence-corrected chi connectivity index (χ0v) is 14.4. The van der Waals surface area contributed by atoms with Crippen LogP contribution in [0.3, 0.4) is 0 Å². The lowest BCUT2D eigenvalue weighted by Gasteiger charge is -2.17. The van der Waals surface area contributed by atoms with Gasteiger partial charge >= 0.3 is 0 Å². The first kappa shape index (κ1) is 18.3. The van der Waals surface area contributed by atoms with Gasteiger partial charge in [-0.1, -0.05) is 42.8 Å². The van der Waals surface area contributed by atoms with Gasteiger partial charge in [0.1, 0.15) is 6.61 Å². The summed E-state index contributed by atoms with van der Waals surface area (Å²) >= 11 is 0. The Hall–Kier alpha value is -2.04. The first-order valence-corrected chi connectivity index (χ1v) is 8.63. The van der Waals surface area contributed by atoms with Crippen LogP contribution >= 0.6 is 0 Å². The van der Waals surface area contributed by atoms with Crippen LogP contribution in [-0.2, 0) is 6.61 Å². The molecule has 0 saturated carbocycles. The van der Waals surface area contributed by atoms with E-state index in [9.17, 15) is 0 Å². The van der Waals surface area contributed by atoms with Crippen LogP contribution in [-0.4, -0.2) is 13.2 Å². The molecule has 4 heteroatoms. The molecule has 0 spiro atoms. The molecule has 0 aliphatic carbocycles. The Labute approximate surface area is 144 Å². The summed E-state index contributed by atoms with van der Waals surface area (Å²) in [6, 6.07) is 16.1. The van der Waals surface area contributed by atoms with Crippen LogP contribution in [0.5, 0.6) is 11.5 Å².